The molecule has 0 saturated carbocycles. The normalized spacial score (nSPS) is 17.0. The number of hydrogen-bond acceptors (Lipinski definition) is 3. The zero-order valence-corrected chi connectivity index (χ0v) is 10.2. The number of rotatable bonds is 5. The van der Waals surface area contributed by atoms with E-state index in [1.807, 2.05) is 0 Å². The molecule has 0 rings (SSSR count). The van der Waals surface area contributed by atoms with Gasteiger partial charge in [0.2, 0.25) is 3.79 Å². The number of halogens is 4. The molecule has 80 valence electrons. The monoisotopic (exact) mass is 290 g/mol. The van der Waals surface area contributed by atoms with Crippen LogP contribution in [0.1, 0.15) is 0 Å². The third kappa shape index (κ3) is 9.57. The van der Waals surface area contributed by atoms with Crippen LogP contribution in [-0.4, -0.2) is 27.8 Å². The van der Waals surface area contributed by atoms with E-state index in [-0.39, 0.29) is 12.5 Å². The highest BCUT2D eigenvalue weighted by atomic mass is 35.6. The van der Waals surface area contributed by atoms with E-state index in [0.717, 1.165) is 0 Å². The summed E-state index contributed by atoms with van der Waals surface area (Å²) >= 11 is 21.0. The summed E-state index contributed by atoms with van der Waals surface area (Å²) in [5.41, 5.74) is 0. The topological polar surface area (TPSA) is 55.8 Å². The lowest BCUT2D eigenvalue weighted by atomic mass is 10.9. The fraction of sp³-hybridized carbons (Fsp3) is 1.00. The van der Waals surface area contributed by atoms with E-state index >= 15 is 0 Å². The van der Waals surface area contributed by atoms with Gasteiger partial charge in [0, 0.05) is 5.88 Å². The van der Waals surface area contributed by atoms with Crippen molar-refractivity contribution in [2.75, 3.05) is 19.1 Å². The van der Waals surface area contributed by atoms with Crippen molar-refractivity contribution in [2.45, 2.75) is 3.79 Å². The summed E-state index contributed by atoms with van der Waals surface area (Å²) in [6.45, 7) is -0.650. The second kappa shape index (κ2) is 5.99. The van der Waals surface area contributed by atoms with Gasteiger partial charge in [0.25, 0.3) is 0 Å². The van der Waals surface area contributed by atoms with Gasteiger partial charge < -0.3 is 4.89 Å². The molecule has 1 atom stereocenters. The van der Waals surface area contributed by atoms with Gasteiger partial charge in [-0.05, 0) is 0 Å². The van der Waals surface area contributed by atoms with Crippen LogP contribution in [0.25, 0.3) is 0 Å². The highest BCUT2D eigenvalue weighted by Crippen LogP contribution is 2.45. The molecule has 1 unspecified atom stereocenters. The first-order valence-corrected chi connectivity index (χ1v) is 6.18. The van der Waals surface area contributed by atoms with Crippen LogP contribution >= 0.6 is 54.2 Å². The molecular formula is C4H7Cl4O4P. The maximum Gasteiger partial charge on any atom is 0.472 e. The van der Waals surface area contributed by atoms with Crippen molar-refractivity contribution < 1.29 is 18.5 Å². The predicted octanol–water partition coefficient (Wildman–Crippen LogP) is 2.73. The summed E-state index contributed by atoms with van der Waals surface area (Å²) in [5, 5.41) is 0. The molecule has 0 heterocycles. The zero-order valence-electron chi connectivity index (χ0n) is 6.25. The Hall–Kier alpha value is 1.27. The molecule has 0 radical (unpaired) electrons. The molecule has 4 nitrogen and oxygen atoms in total. The molecule has 0 spiro atoms. The Bertz CT molecular complexity index is 193. The van der Waals surface area contributed by atoms with Crippen molar-refractivity contribution in [2.24, 2.45) is 0 Å². The lowest BCUT2D eigenvalue weighted by Crippen LogP contribution is -2.12. The molecule has 0 aromatic carbocycles. The van der Waals surface area contributed by atoms with E-state index in [9.17, 15) is 4.57 Å². The molecule has 0 aromatic heterocycles. The Balaban J connectivity index is 3.83. The fourth-order valence-electron chi connectivity index (χ4n) is 0.342. The van der Waals surface area contributed by atoms with E-state index in [1.165, 1.54) is 0 Å². The van der Waals surface area contributed by atoms with E-state index in [4.69, 9.17) is 51.3 Å². The first-order chi connectivity index (χ1) is 5.77. The predicted molar refractivity (Wildman–Crippen MR) is 52.7 cm³/mol. The van der Waals surface area contributed by atoms with Gasteiger partial charge in [0.15, 0.2) is 0 Å². The first kappa shape index (κ1) is 14.3. The average molecular weight is 292 g/mol. The third-order valence-electron chi connectivity index (χ3n) is 0.723. The van der Waals surface area contributed by atoms with E-state index in [2.05, 4.69) is 9.05 Å². The smallest absolute Gasteiger partial charge is 0.302 e. The zero-order chi connectivity index (χ0) is 10.5. The molecule has 13 heavy (non-hydrogen) atoms. The molecule has 0 aliphatic carbocycles. The Kier molecular flexibility index (Phi) is 6.57. The van der Waals surface area contributed by atoms with Gasteiger partial charge in [0.1, 0.15) is 6.61 Å². The minimum Gasteiger partial charge on any atom is -0.302 e. The highest BCUT2D eigenvalue weighted by molar-refractivity contribution is 7.47. The quantitative estimate of drug-likeness (QED) is 0.625. The fourth-order valence-corrected chi connectivity index (χ4v) is 1.67. The molecule has 0 aliphatic rings. The highest BCUT2D eigenvalue weighted by Gasteiger charge is 2.28. The van der Waals surface area contributed by atoms with Crippen LogP contribution in [0.2, 0.25) is 0 Å². The van der Waals surface area contributed by atoms with Crippen LogP contribution in [0.15, 0.2) is 0 Å². The van der Waals surface area contributed by atoms with Gasteiger partial charge in [-0.3, -0.25) is 9.05 Å². The van der Waals surface area contributed by atoms with Crippen molar-refractivity contribution >= 4 is 54.2 Å². The average Bonchev–Trinajstić information content (AvgIpc) is 1.97. The number of alkyl halides is 4. The number of phosphoric acid groups is 1. The van der Waals surface area contributed by atoms with Crippen molar-refractivity contribution in [1.29, 1.82) is 0 Å². The molecule has 9 heteroatoms. The van der Waals surface area contributed by atoms with Crippen LogP contribution in [0, 0.1) is 0 Å². The summed E-state index contributed by atoms with van der Waals surface area (Å²) in [4.78, 5) is 8.89. The summed E-state index contributed by atoms with van der Waals surface area (Å²) in [7, 11) is -4.14. The Morgan fingerprint density at radius 3 is 2.23 bits per heavy atom. The standard InChI is InChI=1S/C4H7Cl4O4P/c5-1-2-11-13(9,10)12-3-4(6,7)8/h1-3H2,(H,9,10). The van der Waals surface area contributed by atoms with Crippen molar-refractivity contribution in [3.05, 3.63) is 0 Å². The van der Waals surface area contributed by atoms with Gasteiger partial charge in [-0.15, -0.1) is 11.6 Å². The van der Waals surface area contributed by atoms with Crippen molar-refractivity contribution in [3.8, 4) is 0 Å². The van der Waals surface area contributed by atoms with Gasteiger partial charge >= 0.3 is 7.82 Å². The SMILES string of the molecule is O=P(O)(OCCCl)OCC(Cl)(Cl)Cl. The molecule has 0 saturated heterocycles. The van der Waals surface area contributed by atoms with Crippen molar-refractivity contribution in [3.63, 3.8) is 0 Å². The third-order valence-corrected chi connectivity index (χ3v) is 2.17. The first-order valence-electron chi connectivity index (χ1n) is 3.01. The molecule has 0 aliphatic heterocycles. The summed E-state index contributed by atoms with van der Waals surface area (Å²) in [6, 6.07) is 0. The summed E-state index contributed by atoms with van der Waals surface area (Å²) < 4.78 is 17.8. The Morgan fingerprint density at radius 2 is 1.85 bits per heavy atom. The second-order valence-electron chi connectivity index (χ2n) is 1.88. The molecule has 0 aromatic rings. The minimum atomic E-state index is -4.14. The van der Waals surface area contributed by atoms with E-state index in [1.54, 1.807) is 0 Å². The summed E-state index contributed by atoms with van der Waals surface area (Å²) in [6.07, 6.45) is 0. The van der Waals surface area contributed by atoms with Crippen LogP contribution < -0.4 is 0 Å². The van der Waals surface area contributed by atoms with Gasteiger partial charge in [0.05, 0.1) is 6.61 Å². The number of hydrogen-bond donors (Lipinski definition) is 1. The molecule has 1 N–H and O–H groups in total. The minimum absolute atomic E-state index is 0.0711. The maximum atomic E-state index is 10.9. The largest absolute Gasteiger partial charge is 0.472 e. The van der Waals surface area contributed by atoms with Crippen molar-refractivity contribution in [1.82, 2.24) is 0 Å². The molecule has 0 bridgehead atoms. The Labute approximate surface area is 95.6 Å². The van der Waals surface area contributed by atoms with Gasteiger partial charge in [-0.25, -0.2) is 4.57 Å². The maximum absolute atomic E-state index is 10.9. The molecular weight excluding hydrogens is 285 g/mol. The second-order valence-corrected chi connectivity index (χ2v) is 6.23. The van der Waals surface area contributed by atoms with Crippen LogP contribution in [-0.2, 0) is 13.6 Å². The molecule has 0 amide bonds. The van der Waals surface area contributed by atoms with Crippen LogP contribution in [0.4, 0.5) is 0 Å². The van der Waals surface area contributed by atoms with E-state index in [0.29, 0.717) is 0 Å². The lowest BCUT2D eigenvalue weighted by molar-refractivity contribution is 0.158. The van der Waals surface area contributed by atoms with E-state index < -0.39 is 18.2 Å². The van der Waals surface area contributed by atoms with Gasteiger partial charge in [-0.1, -0.05) is 34.8 Å². The van der Waals surface area contributed by atoms with Crippen LogP contribution in [0.3, 0.4) is 0 Å². The van der Waals surface area contributed by atoms with Crippen LogP contribution in [0.5, 0.6) is 0 Å². The lowest BCUT2D eigenvalue weighted by Gasteiger charge is -2.14. The molecule has 0 fully saturated rings. The summed E-state index contributed by atoms with van der Waals surface area (Å²) in [5.74, 6) is 0.0711. The van der Waals surface area contributed by atoms with Gasteiger partial charge in [-0.2, -0.15) is 0 Å². The number of phosphoric ester groups is 1. The Morgan fingerprint density at radius 1 is 1.31 bits per heavy atom.